The van der Waals surface area contributed by atoms with Crippen LogP contribution in [0.5, 0.6) is 5.75 Å². The maximum absolute atomic E-state index is 5.50. The molecule has 0 amide bonds. The third-order valence-electron chi connectivity index (χ3n) is 3.04. The Hall–Kier alpha value is -0.670. The van der Waals surface area contributed by atoms with Gasteiger partial charge in [0, 0.05) is 13.0 Å². The SMILES string of the molecule is CSCCCCNCc1ccc2c(c1)CCO2. The van der Waals surface area contributed by atoms with E-state index in [0.717, 1.165) is 31.9 Å². The van der Waals surface area contributed by atoms with Gasteiger partial charge in [-0.1, -0.05) is 12.1 Å². The van der Waals surface area contributed by atoms with Gasteiger partial charge in [-0.3, -0.25) is 0 Å². The topological polar surface area (TPSA) is 21.3 Å². The maximum Gasteiger partial charge on any atom is 0.122 e. The van der Waals surface area contributed by atoms with E-state index >= 15 is 0 Å². The Morgan fingerprint density at radius 1 is 1.35 bits per heavy atom. The number of hydrogen-bond donors (Lipinski definition) is 1. The van der Waals surface area contributed by atoms with Crippen LogP contribution in [0, 0.1) is 0 Å². The van der Waals surface area contributed by atoms with Crippen molar-refractivity contribution in [2.75, 3.05) is 25.2 Å². The lowest BCUT2D eigenvalue weighted by Gasteiger charge is -2.06. The van der Waals surface area contributed by atoms with E-state index in [0.29, 0.717) is 0 Å². The molecule has 0 unspecified atom stereocenters. The van der Waals surface area contributed by atoms with Crippen LogP contribution >= 0.6 is 11.8 Å². The van der Waals surface area contributed by atoms with Crippen LogP contribution in [0.25, 0.3) is 0 Å². The molecule has 1 N–H and O–H groups in total. The first-order valence-electron chi connectivity index (χ1n) is 6.34. The first kappa shape index (κ1) is 12.8. The van der Waals surface area contributed by atoms with Crippen LogP contribution in [0.2, 0.25) is 0 Å². The Kier molecular flexibility index (Phi) is 5.20. The molecule has 1 aromatic carbocycles. The van der Waals surface area contributed by atoms with Crippen LogP contribution < -0.4 is 10.1 Å². The number of benzene rings is 1. The first-order valence-corrected chi connectivity index (χ1v) is 7.74. The highest BCUT2D eigenvalue weighted by atomic mass is 32.2. The van der Waals surface area contributed by atoms with Crippen molar-refractivity contribution in [2.24, 2.45) is 0 Å². The largest absolute Gasteiger partial charge is 0.493 e. The Balaban J connectivity index is 1.69. The summed E-state index contributed by atoms with van der Waals surface area (Å²) in [4.78, 5) is 0. The fourth-order valence-electron chi connectivity index (χ4n) is 2.08. The summed E-state index contributed by atoms with van der Waals surface area (Å²) >= 11 is 1.93. The number of ether oxygens (including phenoxy) is 1. The van der Waals surface area contributed by atoms with Crippen molar-refractivity contribution in [3.05, 3.63) is 29.3 Å². The Morgan fingerprint density at radius 3 is 3.18 bits per heavy atom. The van der Waals surface area contributed by atoms with E-state index in [-0.39, 0.29) is 0 Å². The molecule has 2 nitrogen and oxygen atoms in total. The van der Waals surface area contributed by atoms with Gasteiger partial charge in [0.25, 0.3) is 0 Å². The molecule has 0 spiro atoms. The normalized spacial score (nSPS) is 13.5. The zero-order valence-electron chi connectivity index (χ0n) is 10.5. The summed E-state index contributed by atoms with van der Waals surface area (Å²) in [7, 11) is 0. The van der Waals surface area contributed by atoms with Crippen molar-refractivity contribution >= 4 is 11.8 Å². The average Bonchev–Trinajstić information content (AvgIpc) is 2.81. The molecule has 0 radical (unpaired) electrons. The van der Waals surface area contributed by atoms with Gasteiger partial charge >= 0.3 is 0 Å². The average molecular weight is 251 g/mol. The molecule has 1 aromatic rings. The van der Waals surface area contributed by atoms with Crippen LogP contribution in [-0.4, -0.2) is 25.2 Å². The van der Waals surface area contributed by atoms with Crippen molar-refractivity contribution in [1.82, 2.24) is 5.32 Å². The summed E-state index contributed by atoms with van der Waals surface area (Å²) in [6.45, 7) is 2.95. The summed E-state index contributed by atoms with van der Waals surface area (Å²) in [6, 6.07) is 6.54. The molecular weight excluding hydrogens is 230 g/mol. The van der Waals surface area contributed by atoms with Gasteiger partial charge in [0.2, 0.25) is 0 Å². The molecule has 0 aromatic heterocycles. The summed E-state index contributed by atoms with van der Waals surface area (Å²) in [5.74, 6) is 2.35. The van der Waals surface area contributed by atoms with Gasteiger partial charge in [-0.15, -0.1) is 0 Å². The van der Waals surface area contributed by atoms with Crippen LogP contribution in [0.1, 0.15) is 24.0 Å². The summed E-state index contributed by atoms with van der Waals surface area (Å²) in [5, 5.41) is 3.50. The molecule has 3 heteroatoms. The molecule has 0 aliphatic carbocycles. The predicted octanol–water partition coefficient (Wildman–Crippen LogP) is 2.85. The first-order chi connectivity index (χ1) is 8.40. The fraction of sp³-hybridized carbons (Fsp3) is 0.571. The minimum Gasteiger partial charge on any atom is -0.493 e. The fourth-order valence-corrected chi connectivity index (χ4v) is 2.57. The Morgan fingerprint density at radius 2 is 2.29 bits per heavy atom. The molecule has 0 atom stereocenters. The van der Waals surface area contributed by atoms with Crippen molar-refractivity contribution < 1.29 is 4.74 Å². The van der Waals surface area contributed by atoms with Gasteiger partial charge in [-0.05, 0) is 48.6 Å². The molecule has 1 heterocycles. The zero-order valence-corrected chi connectivity index (χ0v) is 11.3. The molecule has 0 saturated carbocycles. The molecule has 2 rings (SSSR count). The second-order valence-electron chi connectivity index (χ2n) is 4.42. The third-order valence-corrected chi connectivity index (χ3v) is 3.73. The van der Waals surface area contributed by atoms with E-state index < -0.39 is 0 Å². The summed E-state index contributed by atoms with van der Waals surface area (Å²) in [5.41, 5.74) is 2.74. The molecule has 0 fully saturated rings. The van der Waals surface area contributed by atoms with E-state index in [1.54, 1.807) is 0 Å². The summed E-state index contributed by atoms with van der Waals surface area (Å²) < 4.78 is 5.50. The number of thioether (sulfide) groups is 1. The lowest BCUT2D eigenvalue weighted by molar-refractivity contribution is 0.357. The second kappa shape index (κ2) is 6.92. The number of rotatable bonds is 7. The molecule has 94 valence electrons. The molecule has 1 aliphatic heterocycles. The van der Waals surface area contributed by atoms with E-state index in [2.05, 4.69) is 29.8 Å². The van der Waals surface area contributed by atoms with Crippen molar-refractivity contribution in [3.8, 4) is 5.75 Å². The number of fused-ring (bicyclic) bond motifs is 1. The third kappa shape index (κ3) is 3.93. The second-order valence-corrected chi connectivity index (χ2v) is 5.40. The zero-order chi connectivity index (χ0) is 11.9. The lowest BCUT2D eigenvalue weighted by atomic mass is 10.1. The molecule has 1 aliphatic rings. The van der Waals surface area contributed by atoms with Crippen molar-refractivity contribution in [3.63, 3.8) is 0 Å². The lowest BCUT2D eigenvalue weighted by Crippen LogP contribution is -2.14. The molecule has 0 saturated heterocycles. The van der Waals surface area contributed by atoms with E-state index in [1.165, 1.54) is 29.7 Å². The van der Waals surface area contributed by atoms with Crippen LogP contribution in [0.4, 0.5) is 0 Å². The van der Waals surface area contributed by atoms with Crippen molar-refractivity contribution in [2.45, 2.75) is 25.8 Å². The molecule has 17 heavy (non-hydrogen) atoms. The Labute approximate surface area is 108 Å². The monoisotopic (exact) mass is 251 g/mol. The smallest absolute Gasteiger partial charge is 0.122 e. The Bertz CT molecular complexity index is 354. The van der Waals surface area contributed by atoms with E-state index in [9.17, 15) is 0 Å². The van der Waals surface area contributed by atoms with Crippen LogP contribution in [-0.2, 0) is 13.0 Å². The van der Waals surface area contributed by atoms with Crippen LogP contribution in [0.3, 0.4) is 0 Å². The highest BCUT2D eigenvalue weighted by Gasteiger charge is 2.11. The van der Waals surface area contributed by atoms with Gasteiger partial charge in [0.15, 0.2) is 0 Å². The van der Waals surface area contributed by atoms with Gasteiger partial charge in [-0.25, -0.2) is 0 Å². The predicted molar refractivity (Wildman–Crippen MR) is 75.0 cm³/mol. The van der Waals surface area contributed by atoms with Crippen LogP contribution in [0.15, 0.2) is 18.2 Å². The molecule has 0 bridgehead atoms. The van der Waals surface area contributed by atoms with Gasteiger partial charge in [0.1, 0.15) is 5.75 Å². The minimum absolute atomic E-state index is 0.848. The van der Waals surface area contributed by atoms with E-state index in [4.69, 9.17) is 4.74 Å². The number of hydrogen-bond acceptors (Lipinski definition) is 3. The minimum atomic E-state index is 0.848. The van der Waals surface area contributed by atoms with Gasteiger partial charge in [0.05, 0.1) is 6.61 Å². The van der Waals surface area contributed by atoms with Gasteiger partial charge in [-0.2, -0.15) is 11.8 Å². The number of unbranched alkanes of at least 4 members (excludes halogenated alkanes) is 1. The molecular formula is C14H21NOS. The quantitative estimate of drug-likeness (QED) is 0.753. The summed E-state index contributed by atoms with van der Waals surface area (Å²) in [6.07, 6.45) is 5.82. The maximum atomic E-state index is 5.50. The highest BCUT2D eigenvalue weighted by Crippen LogP contribution is 2.25. The standard InChI is InChI=1S/C14H21NOS/c1-17-9-3-2-7-15-11-12-4-5-14-13(10-12)6-8-16-14/h4-5,10,15H,2-3,6-9,11H2,1H3. The highest BCUT2D eigenvalue weighted by molar-refractivity contribution is 7.98. The number of nitrogens with one attached hydrogen (secondary N) is 1. The van der Waals surface area contributed by atoms with Crippen molar-refractivity contribution in [1.29, 1.82) is 0 Å². The van der Waals surface area contributed by atoms with E-state index in [1.807, 2.05) is 11.8 Å². The van der Waals surface area contributed by atoms with Gasteiger partial charge < -0.3 is 10.1 Å².